The van der Waals surface area contributed by atoms with E-state index < -0.39 is 0 Å². The van der Waals surface area contributed by atoms with E-state index >= 15 is 0 Å². The predicted molar refractivity (Wildman–Crippen MR) is 89.7 cm³/mol. The molecule has 2 N–H and O–H groups in total. The van der Waals surface area contributed by atoms with Crippen molar-refractivity contribution >= 4 is 5.69 Å². The van der Waals surface area contributed by atoms with E-state index in [1.807, 2.05) is 25.4 Å². The molecule has 0 atom stereocenters. The molecule has 120 valence electrons. The van der Waals surface area contributed by atoms with E-state index in [-0.39, 0.29) is 0 Å². The molecule has 0 spiro atoms. The van der Waals surface area contributed by atoms with Crippen molar-refractivity contribution in [3.05, 3.63) is 35.9 Å². The fourth-order valence-corrected chi connectivity index (χ4v) is 3.34. The predicted octanol–water partition coefficient (Wildman–Crippen LogP) is 3.77. The Morgan fingerprint density at radius 2 is 2.13 bits per heavy atom. The summed E-state index contributed by atoms with van der Waals surface area (Å²) in [6.07, 6.45) is 9.93. The van der Waals surface area contributed by atoms with Gasteiger partial charge in [0.2, 0.25) is 0 Å². The number of nitriles is 1. The number of ether oxygens (including phenoxy) is 1. The van der Waals surface area contributed by atoms with E-state index in [4.69, 9.17) is 10.5 Å². The molecule has 0 aliphatic heterocycles. The van der Waals surface area contributed by atoms with Crippen LogP contribution in [0.2, 0.25) is 0 Å². The van der Waals surface area contributed by atoms with Crippen molar-refractivity contribution in [2.45, 2.75) is 44.9 Å². The van der Waals surface area contributed by atoms with E-state index in [0.29, 0.717) is 29.5 Å². The second kappa shape index (κ2) is 6.74. The molecule has 5 nitrogen and oxygen atoms in total. The maximum absolute atomic E-state index is 9.24. The number of nitrogens with two attached hydrogens (primary N) is 1. The van der Waals surface area contributed by atoms with Crippen molar-refractivity contribution in [2.24, 2.45) is 0 Å². The lowest BCUT2D eigenvalue weighted by Gasteiger charge is -2.23. The highest BCUT2D eigenvalue weighted by Crippen LogP contribution is 2.35. The zero-order chi connectivity index (χ0) is 16.2. The van der Waals surface area contributed by atoms with Crippen LogP contribution in [0.25, 0.3) is 5.69 Å². The molecular formula is C18H22N4O. The third-order valence-corrected chi connectivity index (χ3v) is 4.45. The minimum atomic E-state index is 0.465. The average Bonchev–Trinajstić information content (AvgIpc) is 3.06. The van der Waals surface area contributed by atoms with E-state index in [1.54, 1.807) is 6.07 Å². The molecule has 5 heteroatoms. The maximum Gasteiger partial charge on any atom is 0.139 e. The van der Waals surface area contributed by atoms with Crippen molar-refractivity contribution in [1.82, 2.24) is 9.55 Å². The smallest absolute Gasteiger partial charge is 0.139 e. The highest BCUT2D eigenvalue weighted by atomic mass is 16.5. The van der Waals surface area contributed by atoms with Crippen LogP contribution < -0.4 is 10.5 Å². The normalized spacial score (nSPS) is 15.3. The third kappa shape index (κ3) is 3.02. The Balaban J connectivity index is 2.03. The summed E-state index contributed by atoms with van der Waals surface area (Å²) in [4.78, 5) is 4.58. The minimum Gasteiger partial charge on any atom is -0.492 e. The van der Waals surface area contributed by atoms with Gasteiger partial charge in [-0.3, -0.25) is 0 Å². The first kappa shape index (κ1) is 15.4. The van der Waals surface area contributed by atoms with Gasteiger partial charge in [-0.25, -0.2) is 4.98 Å². The number of nitrogen functional groups attached to an aromatic ring is 1. The van der Waals surface area contributed by atoms with Gasteiger partial charge in [-0.15, -0.1) is 0 Å². The van der Waals surface area contributed by atoms with E-state index in [2.05, 4.69) is 15.6 Å². The third-order valence-electron chi connectivity index (χ3n) is 4.45. The molecule has 1 fully saturated rings. The zero-order valence-electron chi connectivity index (χ0n) is 13.5. The summed E-state index contributed by atoms with van der Waals surface area (Å²) in [7, 11) is 0. The molecule has 3 rings (SSSR count). The molecule has 0 amide bonds. The minimum absolute atomic E-state index is 0.465. The van der Waals surface area contributed by atoms with Crippen molar-refractivity contribution < 1.29 is 4.74 Å². The van der Waals surface area contributed by atoms with E-state index in [1.165, 1.54) is 32.1 Å². The lowest BCUT2D eigenvalue weighted by molar-refractivity contribution is 0.339. The van der Waals surface area contributed by atoms with Crippen LogP contribution >= 0.6 is 0 Å². The van der Waals surface area contributed by atoms with Gasteiger partial charge in [0.25, 0.3) is 0 Å². The van der Waals surface area contributed by atoms with Crippen molar-refractivity contribution in [1.29, 1.82) is 5.26 Å². The quantitative estimate of drug-likeness (QED) is 0.872. The average molecular weight is 310 g/mol. The Hall–Kier alpha value is -2.48. The second-order valence-corrected chi connectivity index (χ2v) is 5.94. The summed E-state index contributed by atoms with van der Waals surface area (Å²) >= 11 is 0. The van der Waals surface area contributed by atoms with Crippen LogP contribution in [0.15, 0.2) is 24.5 Å². The number of anilines is 1. The Bertz CT molecular complexity index is 723. The first-order chi connectivity index (χ1) is 11.2. The lowest BCUT2D eigenvalue weighted by atomic mass is 9.88. The van der Waals surface area contributed by atoms with Gasteiger partial charge in [0.1, 0.15) is 17.6 Å². The topological polar surface area (TPSA) is 76.9 Å². The standard InChI is InChI=1S/C18H22N4O/c1-2-23-17-11-16(15(20)10-14(17)12-19)22-9-8-21-18(22)13-6-4-3-5-7-13/h8-11,13H,2-7,20H2,1H3. The molecular weight excluding hydrogens is 288 g/mol. The van der Waals surface area contributed by atoms with Gasteiger partial charge >= 0.3 is 0 Å². The highest BCUT2D eigenvalue weighted by Gasteiger charge is 2.22. The molecule has 0 radical (unpaired) electrons. The SMILES string of the molecule is CCOc1cc(-n2ccnc2C2CCCCC2)c(N)cc1C#N. The van der Waals surface area contributed by atoms with Gasteiger partial charge < -0.3 is 15.0 Å². The summed E-state index contributed by atoms with van der Waals surface area (Å²) in [5.74, 6) is 2.11. The number of benzene rings is 1. The van der Waals surface area contributed by atoms with Gasteiger partial charge in [0.05, 0.1) is 23.5 Å². The molecule has 1 aliphatic rings. The molecule has 1 aliphatic carbocycles. The van der Waals surface area contributed by atoms with Crippen LogP contribution in [0.3, 0.4) is 0 Å². The lowest BCUT2D eigenvalue weighted by Crippen LogP contribution is -2.12. The Morgan fingerprint density at radius 3 is 2.83 bits per heavy atom. The molecule has 2 aromatic rings. The Morgan fingerprint density at radius 1 is 1.35 bits per heavy atom. The van der Waals surface area contributed by atoms with Gasteiger partial charge in [-0.2, -0.15) is 5.26 Å². The molecule has 1 saturated carbocycles. The van der Waals surface area contributed by atoms with Crippen LogP contribution in [-0.4, -0.2) is 16.2 Å². The Labute approximate surface area is 136 Å². The van der Waals surface area contributed by atoms with Crippen molar-refractivity contribution in [3.63, 3.8) is 0 Å². The van der Waals surface area contributed by atoms with E-state index in [9.17, 15) is 5.26 Å². The fourth-order valence-electron chi connectivity index (χ4n) is 3.34. The first-order valence-electron chi connectivity index (χ1n) is 8.24. The van der Waals surface area contributed by atoms with E-state index in [0.717, 1.165) is 11.5 Å². The maximum atomic E-state index is 9.24. The van der Waals surface area contributed by atoms with Gasteiger partial charge in [-0.1, -0.05) is 19.3 Å². The van der Waals surface area contributed by atoms with Crippen LogP contribution in [0, 0.1) is 11.3 Å². The summed E-state index contributed by atoms with van der Waals surface area (Å²) in [6, 6.07) is 5.68. The summed E-state index contributed by atoms with van der Waals surface area (Å²) < 4.78 is 7.65. The number of hydrogen-bond acceptors (Lipinski definition) is 4. The number of nitrogens with zero attached hydrogens (tertiary/aromatic N) is 3. The number of rotatable bonds is 4. The van der Waals surface area contributed by atoms with Crippen LogP contribution in [0.5, 0.6) is 5.75 Å². The molecule has 0 bridgehead atoms. The Kier molecular flexibility index (Phi) is 4.52. The molecule has 0 saturated heterocycles. The molecule has 1 aromatic heterocycles. The van der Waals surface area contributed by atoms with Gasteiger partial charge in [0.15, 0.2) is 0 Å². The van der Waals surface area contributed by atoms with Gasteiger partial charge in [-0.05, 0) is 25.8 Å². The van der Waals surface area contributed by atoms with Crippen LogP contribution in [-0.2, 0) is 0 Å². The monoisotopic (exact) mass is 310 g/mol. The first-order valence-corrected chi connectivity index (χ1v) is 8.24. The molecule has 23 heavy (non-hydrogen) atoms. The molecule has 1 heterocycles. The van der Waals surface area contributed by atoms with Crippen molar-refractivity contribution in [3.8, 4) is 17.5 Å². The fraction of sp³-hybridized carbons (Fsp3) is 0.444. The highest BCUT2D eigenvalue weighted by molar-refractivity contribution is 5.66. The number of hydrogen-bond donors (Lipinski definition) is 1. The summed E-state index contributed by atoms with van der Waals surface area (Å²) in [5, 5.41) is 9.24. The largest absolute Gasteiger partial charge is 0.492 e. The summed E-state index contributed by atoms with van der Waals surface area (Å²) in [6.45, 7) is 2.42. The number of imidazole rings is 1. The molecule has 1 aromatic carbocycles. The van der Waals surface area contributed by atoms with Gasteiger partial charge in [0, 0.05) is 24.4 Å². The summed E-state index contributed by atoms with van der Waals surface area (Å²) in [5.41, 5.74) is 8.07. The van der Waals surface area contributed by atoms with Crippen molar-refractivity contribution in [2.75, 3.05) is 12.3 Å². The van der Waals surface area contributed by atoms with Crippen LogP contribution in [0.4, 0.5) is 5.69 Å². The number of aromatic nitrogens is 2. The van der Waals surface area contributed by atoms with Crippen LogP contribution in [0.1, 0.15) is 56.3 Å². The molecule has 0 unspecified atom stereocenters. The zero-order valence-corrected chi connectivity index (χ0v) is 13.5. The second-order valence-electron chi connectivity index (χ2n) is 5.94.